The first-order chi connectivity index (χ1) is 19.9. The average molecular weight is 656 g/mol. The molecule has 0 spiro atoms. The normalized spacial score (nSPS) is 14.6. The molecule has 2 N–H and O–H groups in total. The first-order valence-corrected chi connectivity index (χ1v) is 11.6. The van der Waals surface area contributed by atoms with Gasteiger partial charge >= 0.3 is 32.0 Å². The van der Waals surface area contributed by atoms with Crippen LogP contribution in [-0.2, 0) is 40.0 Å². The summed E-state index contributed by atoms with van der Waals surface area (Å²) in [4.78, 5) is 8.78. The van der Waals surface area contributed by atoms with E-state index in [4.69, 9.17) is 14.9 Å². The van der Waals surface area contributed by atoms with Crippen molar-refractivity contribution >= 4 is 7.32 Å². The summed E-state index contributed by atoms with van der Waals surface area (Å²) in [7, 11) is -3.05. The number of hydrogen-bond acceptors (Lipinski definition) is 4. The third-order valence-electron chi connectivity index (χ3n) is 6.20. The Hall–Kier alpha value is -3.42. The molecule has 3 aromatic rings. The summed E-state index contributed by atoms with van der Waals surface area (Å²) >= 11 is 0. The van der Waals surface area contributed by atoms with Crippen molar-refractivity contribution in [2.75, 3.05) is 0 Å². The summed E-state index contributed by atoms with van der Waals surface area (Å²) in [5.41, 5.74) is -16.2. The van der Waals surface area contributed by atoms with E-state index < -0.39 is 106 Å². The molecule has 240 valence electrons. The highest BCUT2D eigenvalue weighted by atomic mass is 19.4. The Morgan fingerprint density at radius 2 is 0.909 bits per heavy atom. The van der Waals surface area contributed by atoms with Crippen LogP contribution in [-0.4, -0.2) is 17.4 Å². The van der Waals surface area contributed by atoms with E-state index in [1.54, 1.807) is 0 Å². The molecule has 0 fully saturated rings. The van der Waals surface area contributed by atoms with Gasteiger partial charge < -0.3 is 10.0 Å². The maximum absolute atomic E-state index is 15.1. The fourth-order valence-corrected chi connectivity index (χ4v) is 4.47. The summed E-state index contributed by atoms with van der Waals surface area (Å²) in [5, 5.41) is 18.3. The van der Waals surface area contributed by atoms with Crippen LogP contribution in [0.4, 0.5) is 61.5 Å². The zero-order chi connectivity index (χ0) is 33.6. The number of benzene rings is 3. The molecule has 0 aliphatic carbocycles. The number of alkyl halides is 12. The highest BCUT2D eigenvalue weighted by Crippen LogP contribution is 2.50. The summed E-state index contributed by atoms with van der Waals surface area (Å²) in [6.07, 6.45) is -22.4. The number of rotatable bonds is 7. The Morgan fingerprint density at radius 1 is 0.591 bits per heavy atom. The van der Waals surface area contributed by atoms with Crippen LogP contribution >= 0.6 is 0 Å². The van der Waals surface area contributed by atoms with Crippen molar-refractivity contribution in [2.24, 2.45) is 0 Å². The van der Waals surface area contributed by atoms with Crippen molar-refractivity contribution in [1.82, 2.24) is 0 Å². The van der Waals surface area contributed by atoms with Crippen LogP contribution in [0.1, 0.15) is 51.8 Å². The van der Waals surface area contributed by atoms with E-state index in [9.17, 15) is 52.7 Å². The van der Waals surface area contributed by atoms with Crippen molar-refractivity contribution in [3.63, 3.8) is 0 Å². The quantitative estimate of drug-likeness (QED) is 0.117. The Morgan fingerprint density at radius 3 is 1.18 bits per heavy atom. The van der Waals surface area contributed by atoms with Crippen LogP contribution in [0.25, 0.3) is 0 Å². The van der Waals surface area contributed by atoms with Gasteiger partial charge in [-0.2, -0.15) is 52.7 Å². The lowest BCUT2D eigenvalue weighted by molar-refractivity contribution is -0.319. The van der Waals surface area contributed by atoms with E-state index in [-0.39, 0.29) is 24.3 Å². The number of hydrogen-bond donors (Lipinski definition) is 2. The third-order valence-corrected chi connectivity index (χ3v) is 6.20. The van der Waals surface area contributed by atoms with Crippen molar-refractivity contribution < 1.29 is 81.2 Å². The Labute approximate surface area is 237 Å². The van der Waals surface area contributed by atoms with Gasteiger partial charge in [-0.15, -0.1) is 0 Å². The Bertz CT molecular complexity index is 1340. The third kappa shape index (κ3) is 7.62. The monoisotopic (exact) mass is 656 g/mol. The molecule has 0 bridgehead atoms. The molecule has 0 heterocycles. The molecule has 0 radical (unpaired) electrons. The molecule has 1 atom stereocenters. The molecule has 3 rings (SSSR count). The topological polar surface area (TPSA) is 58.9 Å². The lowest BCUT2D eigenvalue weighted by atomic mass is 9.73. The van der Waals surface area contributed by atoms with Gasteiger partial charge in [0.25, 0.3) is 0 Å². The molecule has 19 heteroatoms. The molecule has 4 nitrogen and oxygen atoms in total. The maximum Gasteiger partial charge on any atom is 0.662 e. The lowest BCUT2D eigenvalue weighted by Gasteiger charge is -2.38. The van der Waals surface area contributed by atoms with Crippen LogP contribution in [0.3, 0.4) is 0 Å². The second-order valence-electron chi connectivity index (χ2n) is 9.32. The SMILES string of the molecule is CC(OOB(O)O)(c1c(F)cccc1F)C(c1cc(C(F)(F)F)cc(C(F)(F)F)c1)c1cc(C(F)(F)F)cc(C(F)(F)F)c1. The van der Waals surface area contributed by atoms with Gasteiger partial charge in [-0.3, -0.25) is 0 Å². The van der Waals surface area contributed by atoms with E-state index in [1.165, 1.54) is 0 Å². The highest BCUT2D eigenvalue weighted by Gasteiger charge is 2.49. The van der Waals surface area contributed by atoms with E-state index in [2.05, 4.69) is 4.81 Å². The van der Waals surface area contributed by atoms with Crippen molar-refractivity contribution in [1.29, 1.82) is 0 Å². The van der Waals surface area contributed by atoms with Gasteiger partial charge in [-0.25, -0.2) is 18.5 Å². The van der Waals surface area contributed by atoms with Crippen molar-refractivity contribution in [3.8, 4) is 0 Å². The van der Waals surface area contributed by atoms with Gasteiger partial charge in [-0.05, 0) is 66.6 Å². The standard InChI is InChI=1S/C25H15BF14O4/c1-21(43-44-26(41)42,20-17(27)3-2-4-18(20)28)19(11-5-13(22(29,30)31)9-14(6-11)23(32,33)34)12-7-15(24(35,36)37)10-16(8-12)25(38,39)40/h2-10,19,41-42H,1H3. The smallest absolute Gasteiger partial charge is 0.400 e. The minimum absolute atomic E-state index is 0.122. The Kier molecular flexibility index (Phi) is 9.43. The minimum atomic E-state index is -5.61. The molecule has 3 aromatic carbocycles. The molecular weight excluding hydrogens is 641 g/mol. The van der Waals surface area contributed by atoms with Gasteiger partial charge in [0.15, 0.2) is 0 Å². The van der Waals surface area contributed by atoms with Crippen LogP contribution in [0, 0.1) is 11.6 Å². The first-order valence-electron chi connectivity index (χ1n) is 11.6. The van der Waals surface area contributed by atoms with Crippen molar-refractivity contribution in [3.05, 3.63) is 105 Å². The largest absolute Gasteiger partial charge is 0.662 e. The van der Waals surface area contributed by atoms with Gasteiger partial charge in [0.1, 0.15) is 17.2 Å². The molecule has 0 saturated heterocycles. The van der Waals surface area contributed by atoms with Crippen LogP contribution in [0.2, 0.25) is 0 Å². The maximum atomic E-state index is 15.1. The summed E-state index contributed by atoms with van der Waals surface area (Å²) < 4.78 is 195. The highest BCUT2D eigenvalue weighted by molar-refractivity contribution is 6.32. The molecule has 0 amide bonds. The van der Waals surface area contributed by atoms with E-state index in [0.29, 0.717) is 25.1 Å². The second kappa shape index (κ2) is 11.8. The second-order valence-corrected chi connectivity index (χ2v) is 9.32. The van der Waals surface area contributed by atoms with Gasteiger partial charge in [0.05, 0.1) is 27.8 Å². The lowest BCUT2D eigenvalue weighted by Crippen LogP contribution is -2.39. The molecule has 1 unspecified atom stereocenters. The van der Waals surface area contributed by atoms with Gasteiger partial charge in [-0.1, -0.05) is 6.07 Å². The molecule has 44 heavy (non-hydrogen) atoms. The molecule has 0 aliphatic rings. The molecule has 0 aromatic heterocycles. The summed E-state index contributed by atoms with van der Waals surface area (Å²) in [6, 6.07) is 0.259. The summed E-state index contributed by atoms with van der Waals surface area (Å²) in [6.45, 7) is 0.419. The average Bonchev–Trinajstić information content (AvgIpc) is 2.85. The van der Waals surface area contributed by atoms with Crippen molar-refractivity contribution in [2.45, 2.75) is 43.1 Å². The molecular formula is C25H15BF14O4. The fourth-order valence-electron chi connectivity index (χ4n) is 4.47. The van der Waals surface area contributed by atoms with E-state index in [1.807, 2.05) is 0 Å². The van der Waals surface area contributed by atoms with Gasteiger partial charge in [0, 0.05) is 5.92 Å². The fraction of sp³-hybridized carbons (Fsp3) is 0.280. The van der Waals surface area contributed by atoms with Crippen LogP contribution in [0.5, 0.6) is 0 Å². The van der Waals surface area contributed by atoms with Crippen LogP contribution < -0.4 is 0 Å². The zero-order valence-electron chi connectivity index (χ0n) is 21.4. The van der Waals surface area contributed by atoms with E-state index in [0.717, 1.165) is 0 Å². The van der Waals surface area contributed by atoms with Crippen LogP contribution in [0.15, 0.2) is 54.6 Å². The Balaban J connectivity index is 2.62. The summed E-state index contributed by atoms with van der Waals surface area (Å²) in [5.74, 6) is -6.29. The zero-order valence-corrected chi connectivity index (χ0v) is 21.4. The van der Waals surface area contributed by atoms with E-state index >= 15 is 8.78 Å². The number of halogens is 14. The predicted molar refractivity (Wildman–Crippen MR) is 121 cm³/mol. The van der Waals surface area contributed by atoms with Gasteiger partial charge in [0.2, 0.25) is 0 Å². The minimum Gasteiger partial charge on any atom is -0.400 e. The molecule has 0 aliphatic heterocycles. The molecule has 0 saturated carbocycles. The first kappa shape index (κ1) is 35.1. The predicted octanol–water partition coefficient (Wildman–Crippen LogP) is 8.01.